The number of rotatable bonds is 7. The number of para-hydroxylation sites is 1. The van der Waals surface area contributed by atoms with Crippen LogP contribution in [0, 0.1) is 5.92 Å². The molecule has 1 N–H and O–H groups in total. The van der Waals surface area contributed by atoms with Gasteiger partial charge in [0.05, 0.1) is 17.3 Å². The number of esters is 1. The number of nitrogens with one attached hydrogen (secondary N) is 1. The van der Waals surface area contributed by atoms with Crippen LogP contribution in [0.4, 0.5) is 5.82 Å². The zero-order valence-corrected chi connectivity index (χ0v) is 20.2. The predicted molar refractivity (Wildman–Crippen MR) is 132 cm³/mol. The first-order valence-electron chi connectivity index (χ1n) is 11.6. The van der Waals surface area contributed by atoms with Gasteiger partial charge < -0.3 is 15.0 Å². The standard InChI is InChI=1S/C27H30N4O4/c1-27(2,3)22-15-23(31(29-22)21-12-8-5-9-13-21)28-24(32)18-35-26(34)20-14-25(33)30(17-20)16-19-10-6-4-7-11-19/h4-13,15,20H,14,16-18H2,1-3H3,(H,28,32). The van der Waals surface area contributed by atoms with Crippen LogP contribution in [0.3, 0.4) is 0 Å². The number of anilines is 1. The lowest BCUT2D eigenvalue weighted by Crippen LogP contribution is -2.28. The van der Waals surface area contributed by atoms with Gasteiger partial charge in [-0.15, -0.1) is 0 Å². The molecule has 3 aromatic rings. The highest BCUT2D eigenvalue weighted by Gasteiger charge is 2.35. The fourth-order valence-electron chi connectivity index (χ4n) is 3.92. The number of carbonyl (C=O) groups excluding carboxylic acids is 3. The van der Waals surface area contributed by atoms with E-state index in [1.54, 1.807) is 9.58 Å². The van der Waals surface area contributed by atoms with Gasteiger partial charge in [0, 0.05) is 31.0 Å². The van der Waals surface area contributed by atoms with Crippen molar-refractivity contribution in [2.75, 3.05) is 18.5 Å². The second-order valence-corrected chi connectivity index (χ2v) is 9.73. The summed E-state index contributed by atoms with van der Waals surface area (Å²) in [6.45, 7) is 6.42. The first kappa shape index (κ1) is 24.2. The van der Waals surface area contributed by atoms with Crippen LogP contribution in [0.5, 0.6) is 0 Å². The van der Waals surface area contributed by atoms with Crippen molar-refractivity contribution in [1.29, 1.82) is 0 Å². The highest BCUT2D eigenvalue weighted by molar-refractivity contribution is 5.93. The first-order valence-corrected chi connectivity index (χ1v) is 11.6. The molecule has 2 aromatic carbocycles. The molecule has 1 saturated heterocycles. The molecule has 2 amide bonds. The minimum absolute atomic E-state index is 0.0863. The van der Waals surface area contributed by atoms with E-state index in [-0.39, 0.29) is 24.3 Å². The molecule has 4 rings (SSSR count). The van der Waals surface area contributed by atoms with Crippen molar-refractivity contribution in [3.63, 3.8) is 0 Å². The minimum Gasteiger partial charge on any atom is -0.455 e. The van der Waals surface area contributed by atoms with Gasteiger partial charge in [-0.3, -0.25) is 14.4 Å². The van der Waals surface area contributed by atoms with E-state index in [2.05, 4.69) is 10.4 Å². The fourth-order valence-corrected chi connectivity index (χ4v) is 3.92. The van der Waals surface area contributed by atoms with E-state index < -0.39 is 24.4 Å². The molecule has 1 aliphatic heterocycles. The summed E-state index contributed by atoms with van der Waals surface area (Å²) in [5.41, 5.74) is 2.40. The van der Waals surface area contributed by atoms with Crippen LogP contribution < -0.4 is 5.32 Å². The van der Waals surface area contributed by atoms with Crippen LogP contribution in [0.2, 0.25) is 0 Å². The second-order valence-electron chi connectivity index (χ2n) is 9.73. The molecule has 35 heavy (non-hydrogen) atoms. The van der Waals surface area contributed by atoms with Gasteiger partial charge in [-0.25, -0.2) is 4.68 Å². The maximum atomic E-state index is 12.6. The Labute approximate surface area is 204 Å². The molecular formula is C27H30N4O4. The number of amides is 2. The maximum absolute atomic E-state index is 12.6. The quantitative estimate of drug-likeness (QED) is 0.527. The number of nitrogens with zero attached hydrogens (tertiary/aromatic N) is 3. The van der Waals surface area contributed by atoms with Crippen LogP contribution >= 0.6 is 0 Å². The Balaban J connectivity index is 1.36. The van der Waals surface area contributed by atoms with Crippen LogP contribution in [-0.2, 0) is 31.1 Å². The molecule has 2 heterocycles. The number of hydrogen-bond acceptors (Lipinski definition) is 5. The van der Waals surface area contributed by atoms with Gasteiger partial charge in [-0.2, -0.15) is 5.10 Å². The van der Waals surface area contributed by atoms with Gasteiger partial charge in [0.15, 0.2) is 6.61 Å². The van der Waals surface area contributed by atoms with Gasteiger partial charge in [0.1, 0.15) is 5.82 Å². The number of aromatic nitrogens is 2. The number of benzene rings is 2. The molecule has 0 saturated carbocycles. The Kier molecular flexibility index (Phi) is 7.00. The molecule has 182 valence electrons. The normalized spacial score (nSPS) is 15.8. The highest BCUT2D eigenvalue weighted by Crippen LogP contribution is 2.26. The van der Waals surface area contributed by atoms with Crippen molar-refractivity contribution in [1.82, 2.24) is 14.7 Å². The van der Waals surface area contributed by atoms with Crippen molar-refractivity contribution in [3.05, 3.63) is 78.0 Å². The van der Waals surface area contributed by atoms with E-state index in [0.717, 1.165) is 16.9 Å². The third-order valence-corrected chi connectivity index (χ3v) is 5.86. The molecular weight excluding hydrogens is 444 g/mol. The van der Waals surface area contributed by atoms with Gasteiger partial charge >= 0.3 is 5.97 Å². The van der Waals surface area contributed by atoms with Crippen molar-refractivity contribution in [2.45, 2.75) is 39.2 Å². The van der Waals surface area contributed by atoms with Gasteiger partial charge in [0.25, 0.3) is 5.91 Å². The Bertz CT molecular complexity index is 1200. The Morgan fingerprint density at radius 3 is 2.37 bits per heavy atom. The maximum Gasteiger partial charge on any atom is 0.311 e. The van der Waals surface area contributed by atoms with Gasteiger partial charge in [-0.05, 0) is 17.7 Å². The van der Waals surface area contributed by atoms with Crippen molar-refractivity contribution in [2.24, 2.45) is 5.92 Å². The Morgan fingerprint density at radius 2 is 1.71 bits per heavy atom. The van der Waals surface area contributed by atoms with Crippen LogP contribution in [0.25, 0.3) is 5.69 Å². The predicted octanol–water partition coefficient (Wildman–Crippen LogP) is 3.70. The lowest BCUT2D eigenvalue weighted by atomic mass is 9.92. The zero-order chi connectivity index (χ0) is 25.0. The van der Waals surface area contributed by atoms with Crippen molar-refractivity contribution in [3.8, 4) is 5.69 Å². The lowest BCUT2D eigenvalue weighted by Gasteiger charge is -2.16. The second kappa shape index (κ2) is 10.1. The molecule has 0 radical (unpaired) electrons. The van der Waals surface area contributed by atoms with Crippen molar-refractivity contribution >= 4 is 23.6 Å². The number of hydrogen-bond donors (Lipinski definition) is 1. The van der Waals surface area contributed by atoms with Gasteiger partial charge in [0.2, 0.25) is 5.91 Å². The third kappa shape index (κ3) is 5.95. The van der Waals surface area contributed by atoms with E-state index in [1.165, 1.54) is 0 Å². The summed E-state index contributed by atoms with van der Waals surface area (Å²) < 4.78 is 6.93. The summed E-state index contributed by atoms with van der Waals surface area (Å²) in [6, 6.07) is 20.9. The molecule has 1 unspecified atom stereocenters. The summed E-state index contributed by atoms with van der Waals surface area (Å²) in [7, 11) is 0. The Hall–Kier alpha value is -3.94. The summed E-state index contributed by atoms with van der Waals surface area (Å²) in [6.07, 6.45) is 0.0863. The molecule has 1 fully saturated rings. The molecule has 0 spiro atoms. The van der Waals surface area contributed by atoms with E-state index in [0.29, 0.717) is 12.4 Å². The smallest absolute Gasteiger partial charge is 0.311 e. The SMILES string of the molecule is CC(C)(C)c1cc(NC(=O)COC(=O)C2CC(=O)N(Cc3ccccc3)C2)n(-c2ccccc2)n1. The first-order chi connectivity index (χ1) is 16.7. The molecule has 0 bridgehead atoms. The van der Waals surface area contributed by atoms with E-state index in [1.807, 2.05) is 87.5 Å². The summed E-state index contributed by atoms with van der Waals surface area (Å²) in [5, 5.41) is 7.47. The molecule has 1 atom stereocenters. The number of likely N-dealkylation sites (tertiary alicyclic amines) is 1. The van der Waals surface area contributed by atoms with Crippen LogP contribution in [0.1, 0.15) is 38.4 Å². The lowest BCUT2D eigenvalue weighted by molar-refractivity contribution is -0.151. The Morgan fingerprint density at radius 1 is 1.06 bits per heavy atom. The van der Waals surface area contributed by atoms with Gasteiger partial charge in [-0.1, -0.05) is 69.3 Å². The molecule has 8 nitrogen and oxygen atoms in total. The largest absolute Gasteiger partial charge is 0.455 e. The molecule has 1 aromatic heterocycles. The topological polar surface area (TPSA) is 93.5 Å². The van der Waals surface area contributed by atoms with Crippen molar-refractivity contribution < 1.29 is 19.1 Å². The summed E-state index contributed by atoms with van der Waals surface area (Å²) in [5.74, 6) is -1.20. The average Bonchev–Trinajstić information content (AvgIpc) is 3.42. The van der Waals surface area contributed by atoms with Crippen LogP contribution in [0.15, 0.2) is 66.7 Å². The summed E-state index contributed by atoms with van der Waals surface area (Å²) >= 11 is 0. The fraction of sp³-hybridized carbons (Fsp3) is 0.333. The molecule has 1 aliphatic rings. The monoisotopic (exact) mass is 474 g/mol. The molecule has 8 heteroatoms. The van der Waals surface area contributed by atoms with E-state index in [4.69, 9.17) is 4.74 Å². The zero-order valence-electron chi connectivity index (χ0n) is 20.2. The average molecular weight is 475 g/mol. The van der Waals surface area contributed by atoms with Crippen LogP contribution in [-0.4, -0.2) is 45.6 Å². The highest BCUT2D eigenvalue weighted by atomic mass is 16.5. The minimum atomic E-state index is -0.582. The molecule has 0 aliphatic carbocycles. The third-order valence-electron chi connectivity index (χ3n) is 5.86. The van der Waals surface area contributed by atoms with E-state index >= 15 is 0 Å². The van der Waals surface area contributed by atoms with E-state index in [9.17, 15) is 14.4 Å². The number of carbonyl (C=O) groups is 3. The summed E-state index contributed by atoms with van der Waals surface area (Å²) in [4.78, 5) is 39.2. The number of ether oxygens (including phenoxy) is 1.